The van der Waals surface area contributed by atoms with Gasteiger partial charge >= 0.3 is 0 Å². The molecule has 1 aromatic carbocycles. The van der Waals surface area contributed by atoms with Crippen LogP contribution < -0.4 is 5.73 Å². The molecule has 2 aromatic rings. The number of anilines is 1. The zero-order chi connectivity index (χ0) is 15.1. The second-order valence-corrected chi connectivity index (χ2v) is 5.39. The standard InChI is InChI=1S/C15H16N4O2/c1-9(2)19-8-10(6-17-19)7-18-14(20)11-4-3-5-12(16)13(11)15(18)21/h3-6,8-9H,7,16H2,1-2H3. The van der Waals surface area contributed by atoms with Crippen LogP contribution in [0.5, 0.6) is 0 Å². The second kappa shape index (κ2) is 4.73. The molecule has 6 nitrogen and oxygen atoms in total. The number of benzene rings is 1. The second-order valence-electron chi connectivity index (χ2n) is 5.39. The van der Waals surface area contributed by atoms with Gasteiger partial charge < -0.3 is 5.73 Å². The first kappa shape index (κ1) is 13.4. The van der Waals surface area contributed by atoms with Gasteiger partial charge in [-0.2, -0.15) is 5.10 Å². The van der Waals surface area contributed by atoms with E-state index >= 15 is 0 Å². The molecule has 1 aliphatic heterocycles. The molecule has 0 radical (unpaired) electrons. The van der Waals surface area contributed by atoms with Crippen molar-refractivity contribution in [2.75, 3.05) is 5.73 Å². The molecule has 0 unspecified atom stereocenters. The van der Waals surface area contributed by atoms with Gasteiger partial charge in [0.25, 0.3) is 11.8 Å². The minimum Gasteiger partial charge on any atom is -0.398 e. The number of aromatic nitrogens is 2. The Kier molecular flexibility index (Phi) is 3.01. The molecule has 0 aliphatic carbocycles. The number of nitrogens with two attached hydrogens (primary N) is 1. The number of carbonyl (C=O) groups excluding carboxylic acids is 2. The van der Waals surface area contributed by atoms with Gasteiger partial charge in [-0.3, -0.25) is 19.2 Å². The van der Waals surface area contributed by atoms with Gasteiger partial charge in [0.1, 0.15) is 0 Å². The monoisotopic (exact) mass is 284 g/mol. The lowest BCUT2D eigenvalue weighted by Gasteiger charge is -2.12. The Morgan fingerprint density at radius 2 is 2.00 bits per heavy atom. The van der Waals surface area contributed by atoms with E-state index in [0.29, 0.717) is 16.8 Å². The van der Waals surface area contributed by atoms with Crippen LogP contribution in [0.4, 0.5) is 5.69 Å². The highest BCUT2D eigenvalue weighted by Crippen LogP contribution is 2.28. The lowest BCUT2D eigenvalue weighted by molar-refractivity contribution is 0.0642. The van der Waals surface area contributed by atoms with Crippen LogP contribution in [0.1, 0.15) is 46.2 Å². The van der Waals surface area contributed by atoms with Gasteiger partial charge in [0.05, 0.1) is 23.9 Å². The summed E-state index contributed by atoms with van der Waals surface area (Å²) >= 11 is 0. The Balaban J connectivity index is 1.89. The fraction of sp³-hybridized carbons (Fsp3) is 0.267. The largest absolute Gasteiger partial charge is 0.398 e. The van der Waals surface area contributed by atoms with Crippen LogP contribution in [0.2, 0.25) is 0 Å². The number of imide groups is 1. The lowest BCUT2D eigenvalue weighted by atomic mass is 10.1. The molecule has 3 rings (SSSR count). The molecule has 1 aromatic heterocycles. The fourth-order valence-electron chi connectivity index (χ4n) is 2.43. The highest BCUT2D eigenvalue weighted by Gasteiger charge is 2.37. The number of rotatable bonds is 3. The van der Waals surface area contributed by atoms with Crippen molar-refractivity contribution in [3.8, 4) is 0 Å². The molecule has 6 heteroatoms. The van der Waals surface area contributed by atoms with Crippen LogP contribution in [0.15, 0.2) is 30.6 Å². The molecule has 0 saturated heterocycles. The molecule has 0 saturated carbocycles. The zero-order valence-corrected chi connectivity index (χ0v) is 11.9. The minimum absolute atomic E-state index is 0.207. The van der Waals surface area contributed by atoms with Crippen LogP contribution in [-0.4, -0.2) is 26.5 Å². The summed E-state index contributed by atoms with van der Waals surface area (Å²) in [7, 11) is 0. The van der Waals surface area contributed by atoms with E-state index < -0.39 is 0 Å². The van der Waals surface area contributed by atoms with Crippen molar-refractivity contribution in [2.45, 2.75) is 26.4 Å². The van der Waals surface area contributed by atoms with Gasteiger partial charge in [0.15, 0.2) is 0 Å². The first-order chi connectivity index (χ1) is 9.99. The van der Waals surface area contributed by atoms with E-state index in [1.165, 1.54) is 4.90 Å². The van der Waals surface area contributed by atoms with Gasteiger partial charge in [0.2, 0.25) is 0 Å². The summed E-state index contributed by atoms with van der Waals surface area (Å²) in [6.07, 6.45) is 3.52. The highest BCUT2D eigenvalue weighted by molar-refractivity contribution is 6.23. The molecule has 21 heavy (non-hydrogen) atoms. The van der Waals surface area contributed by atoms with Gasteiger partial charge in [-0.05, 0) is 26.0 Å². The van der Waals surface area contributed by atoms with Crippen LogP contribution in [0, 0.1) is 0 Å². The van der Waals surface area contributed by atoms with Crippen molar-refractivity contribution < 1.29 is 9.59 Å². The maximum Gasteiger partial charge on any atom is 0.263 e. The predicted molar refractivity (Wildman–Crippen MR) is 77.7 cm³/mol. The molecular weight excluding hydrogens is 268 g/mol. The van der Waals surface area contributed by atoms with E-state index in [0.717, 1.165) is 5.56 Å². The highest BCUT2D eigenvalue weighted by atomic mass is 16.2. The van der Waals surface area contributed by atoms with E-state index in [9.17, 15) is 9.59 Å². The first-order valence-electron chi connectivity index (χ1n) is 6.76. The third-order valence-corrected chi connectivity index (χ3v) is 3.56. The van der Waals surface area contributed by atoms with Crippen molar-refractivity contribution >= 4 is 17.5 Å². The molecule has 2 N–H and O–H groups in total. The minimum atomic E-state index is -0.342. The number of nitrogen functional groups attached to an aromatic ring is 1. The normalized spacial score (nSPS) is 14.1. The van der Waals surface area contributed by atoms with Crippen LogP contribution in [0.3, 0.4) is 0 Å². The predicted octanol–water partition coefficient (Wildman–Crippen LogP) is 1.84. The summed E-state index contributed by atoms with van der Waals surface area (Å²) in [5.41, 5.74) is 7.64. The average molecular weight is 284 g/mol. The van der Waals surface area contributed by atoms with Gasteiger partial charge in [-0.1, -0.05) is 6.07 Å². The average Bonchev–Trinajstić information content (AvgIpc) is 3.00. The number of hydrogen-bond acceptors (Lipinski definition) is 4. The van der Waals surface area contributed by atoms with Gasteiger partial charge in [0, 0.05) is 23.5 Å². The molecule has 1 aliphatic rings. The van der Waals surface area contributed by atoms with Crippen LogP contribution in [-0.2, 0) is 6.54 Å². The number of hydrogen-bond donors (Lipinski definition) is 1. The molecule has 0 fully saturated rings. The van der Waals surface area contributed by atoms with Crippen molar-refractivity contribution in [1.29, 1.82) is 0 Å². The van der Waals surface area contributed by atoms with E-state index in [-0.39, 0.29) is 24.4 Å². The van der Waals surface area contributed by atoms with E-state index in [4.69, 9.17) is 5.73 Å². The van der Waals surface area contributed by atoms with Crippen molar-refractivity contribution in [1.82, 2.24) is 14.7 Å². The number of amides is 2. The Labute approximate surface area is 122 Å². The maximum atomic E-state index is 12.4. The van der Waals surface area contributed by atoms with Crippen molar-refractivity contribution in [2.24, 2.45) is 0 Å². The summed E-state index contributed by atoms with van der Waals surface area (Å²) in [6, 6.07) is 5.17. The Morgan fingerprint density at radius 3 is 2.62 bits per heavy atom. The first-order valence-corrected chi connectivity index (χ1v) is 6.76. The van der Waals surface area contributed by atoms with Gasteiger partial charge in [-0.25, -0.2) is 0 Å². The van der Waals surface area contributed by atoms with Crippen molar-refractivity contribution in [3.63, 3.8) is 0 Å². The summed E-state index contributed by atoms with van der Waals surface area (Å²) in [5, 5.41) is 4.22. The summed E-state index contributed by atoms with van der Waals surface area (Å²) < 4.78 is 1.79. The Hall–Kier alpha value is -2.63. The topological polar surface area (TPSA) is 81.2 Å². The SMILES string of the molecule is CC(C)n1cc(CN2C(=O)c3cccc(N)c3C2=O)cn1. The zero-order valence-electron chi connectivity index (χ0n) is 11.9. The summed E-state index contributed by atoms with van der Waals surface area (Å²) in [6.45, 7) is 4.23. The third-order valence-electron chi connectivity index (χ3n) is 3.56. The number of fused-ring (bicyclic) bond motifs is 1. The molecule has 108 valence electrons. The van der Waals surface area contributed by atoms with Crippen molar-refractivity contribution in [3.05, 3.63) is 47.3 Å². The van der Waals surface area contributed by atoms with E-state index in [1.54, 1.807) is 29.1 Å². The smallest absolute Gasteiger partial charge is 0.263 e. The summed E-state index contributed by atoms with van der Waals surface area (Å²) in [4.78, 5) is 25.9. The van der Waals surface area contributed by atoms with Crippen LogP contribution >= 0.6 is 0 Å². The Bertz CT molecular complexity index is 733. The number of nitrogens with zero attached hydrogens (tertiary/aromatic N) is 3. The fourth-order valence-corrected chi connectivity index (χ4v) is 2.43. The third kappa shape index (κ3) is 2.08. The molecule has 2 heterocycles. The van der Waals surface area contributed by atoms with E-state index in [2.05, 4.69) is 5.10 Å². The van der Waals surface area contributed by atoms with Crippen LogP contribution in [0.25, 0.3) is 0 Å². The Morgan fingerprint density at radius 1 is 1.24 bits per heavy atom. The molecule has 0 atom stereocenters. The van der Waals surface area contributed by atoms with Gasteiger partial charge in [-0.15, -0.1) is 0 Å². The molecular formula is C15H16N4O2. The quantitative estimate of drug-likeness (QED) is 0.689. The molecule has 0 spiro atoms. The maximum absolute atomic E-state index is 12.4. The number of carbonyl (C=O) groups is 2. The van der Waals surface area contributed by atoms with E-state index in [1.807, 2.05) is 20.0 Å². The summed E-state index contributed by atoms with van der Waals surface area (Å²) in [5.74, 6) is -0.648. The molecule has 0 bridgehead atoms. The lowest BCUT2D eigenvalue weighted by Crippen LogP contribution is -2.29. The molecule has 2 amide bonds.